The Morgan fingerprint density at radius 2 is 2.29 bits per heavy atom. The second-order valence-electron chi connectivity index (χ2n) is 2.90. The van der Waals surface area contributed by atoms with Gasteiger partial charge in [0, 0.05) is 30.6 Å². The van der Waals surface area contributed by atoms with E-state index in [1.165, 1.54) is 0 Å². The highest BCUT2D eigenvalue weighted by molar-refractivity contribution is 5.14. The monoisotopic (exact) mass is 189 g/mol. The Balaban J connectivity index is 2.41. The fourth-order valence-electron chi connectivity index (χ4n) is 0.967. The van der Waals surface area contributed by atoms with Crippen LogP contribution in [0.2, 0.25) is 0 Å². The van der Waals surface area contributed by atoms with E-state index >= 15 is 0 Å². The van der Waals surface area contributed by atoms with Gasteiger partial charge < -0.3 is 11.5 Å². The van der Waals surface area contributed by atoms with Crippen molar-refractivity contribution in [2.24, 2.45) is 11.5 Å². The second-order valence-corrected chi connectivity index (χ2v) is 2.90. The van der Waals surface area contributed by atoms with Crippen molar-refractivity contribution in [1.29, 1.82) is 0 Å². The highest BCUT2D eigenvalue weighted by Gasteiger charge is 1.86. The van der Waals surface area contributed by atoms with E-state index < -0.39 is 0 Å². The lowest BCUT2D eigenvalue weighted by atomic mass is 10.2. The summed E-state index contributed by atoms with van der Waals surface area (Å²) in [4.78, 5) is 4.19. The van der Waals surface area contributed by atoms with E-state index in [1.807, 2.05) is 36.4 Å². The molecular weight excluding hydrogens is 174 g/mol. The molecule has 0 aliphatic rings. The van der Waals surface area contributed by atoms with Crippen LogP contribution < -0.4 is 11.5 Å². The zero-order valence-corrected chi connectivity index (χ0v) is 8.06. The van der Waals surface area contributed by atoms with Gasteiger partial charge in [-0.3, -0.25) is 4.98 Å². The van der Waals surface area contributed by atoms with Crippen molar-refractivity contribution in [2.75, 3.05) is 6.54 Å². The van der Waals surface area contributed by atoms with Gasteiger partial charge in [0.2, 0.25) is 0 Å². The fourth-order valence-corrected chi connectivity index (χ4v) is 0.967. The van der Waals surface area contributed by atoms with Crippen molar-refractivity contribution in [3.8, 4) is 0 Å². The van der Waals surface area contributed by atoms with Crippen LogP contribution in [-0.2, 0) is 6.42 Å². The van der Waals surface area contributed by atoms with E-state index in [1.54, 1.807) is 6.20 Å². The van der Waals surface area contributed by atoms with E-state index in [-0.39, 0.29) is 0 Å². The first-order valence-electron chi connectivity index (χ1n) is 4.54. The summed E-state index contributed by atoms with van der Waals surface area (Å²) >= 11 is 0. The molecule has 0 unspecified atom stereocenters. The molecule has 3 nitrogen and oxygen atoms in total. The maximum atomic E-state index is 5.52. The van der Waals surface area contributed by atoms with Crippen molar-refractivity contribution < 1.29 is 0 Å². The molecule has 4 N–H and O–H groups in total. The molecule has 0 aliphatic carbocycles. The van der Waals surface area contributed by atoms with Gasteiger partial charge in [0.15, 0.2) is 0 Å². The lowest BCUT2D eigenvalue weighted by Crippen LogP contribution is -2.10. The van der Waals surface area contributed by atoms with Crippen LogP contribution in [0.3, 0.4) is 0 Å². The van der Waals surface area contributed by atoms with Crippen molar-refractivity contribution in [3.63, 3.8) is 0 Å². The summed E-state index contributed by atoms with van der Waals surface area (Å²) < 4.78 is 0. The van der Waals surface area contributed by atoms with E-state index in [9.17, 15) is 0 Å². The molecule has 0 saturated heterocycles. The van der Waals surface area contributed by atoms with Crippen LogP contribution >= 0.6 is 0 Å². The topological polar surface area (TPSA) is 64.9 Å². The molecule has 0 saturated carbocycles. The molecule has 0 bridgehead atoms. The molecule has 1 rings (SSSR count). The molecule has 0 radical (unpaired) electrons. The Bertz CT molecular complexity index is 315. The van der Waals surface area contributed by atoms with Crippen LogP contribution in [0.15, 0.2) is 48.3 Å². The first-order valence-corrected chi connectivity index (χ1v) is 4.54. The van der Waals surface area contributed by atoms with Gasteiger partial charge in [0.25, 0.3) is 0 Å². The number of hydrogen-bond donors (Lipinski definition) is 2. The Labute approximate surface area is 84.1 Å². The van der Waals surface area contributed by atoms with Gasteiger partial charge in [0.1, 0.15) is 0 Å². The molecule has 1 aromatic rings. The average Bonchev–Trinajstić information content (AvgIpc) is 2.25. The minimum atomic E-state index is 0.397. The fraction of sp³-hybridized carbons (Fsp3) is 0.182. The number of aromatic nitrogens is 1. The summed E-state index contributed by atoms with van der Waals surface area (Å²) in [6.07, 6.45) is 8.31. The summed E-state index contributed by atoms with van der Waals surface area (Å²) in [5.74, 6) is 0. The summed E-state index contributed by atoms with van der Waals surface area (Å²) in [6, 6.07) is 5.86. The van der Waals surface area contributed by atoms with Gasteiger partial charge in [-0.1, -0.05) is 18.2 Å². The van der Waals surface area contributed by atoms with E-state index in [0.29, 0.717) is 12.2 Å². The Morgan fingerprint density at radius 3 is 2.93 bits per heavy atom. The SMILES string of the molecule is NC/C(N)=C/C=C\Cc1ccccn1. The van der Waals surface area contributed by atoms with Gasteiger partial charge in [-0.15, -0.1) is 0 Å². The van der Waals surface area contributed by atoms with Gasteiger partial charge in [-0.2, -0.15) is 0 Å². The Kier molecular flexibility index (Phi) is 4.44. The maximum absolute atomic E-state index is 5.52. The minimum Gasteiger partial charge on any atom is -0.401 e. The van der Waals surface area contributed by atoms with Crippen LogP contribution in [0, 0.1) is 0 Å². The molecular formula is C11H15N3. The molecule has 3 heteroatoms. The average molecular weight is 189 g/mol. The number of pyridine rings is 1. The Hall–Kier alpha value is -1.61. The third-order valence-electron chi connectivity index (χ3n) is 1.74. The molecule has 1 aromatic heterocycles. The van der Waals surface area contributed by atoms with Gasteiger partial charge in [-0.05, 0) is 18.2 Å². The quantitative estimate of drug-likeness (QED) is 0.694. The molecule has 0 aromatic carbocycles. The second kappa shape index (κ2) is 5.94. The normalized spacial score (nSPS) is 12.2. The highest BCUT2D eigenvalue weighted by atomic mass is 14.7. The van der Waals surface area contributed by atoms with Crippen molar-refractivity contribution in [1.82, 2.24) is 4.98 Å². The number of nitrogens with two attached hydrogens (primary N) is 2. The lowest BCUT2D eigenvalue weighted by Gasteiger charge is -1.93. The molecule has 74 valence electrons. The molecule has 0 aliphatic heterocycles. The molecule has 0 atom stereocenters. The minimum absolute atomic E-state index is 0.397. The van der Waals surface area contributed by atoms with Crippen LogP contribution in [0.1, 0.15) is 5.69 Å². The van der Waals surface area contributed by atoms with E-state index in [0.717, 1.165) is 12.1 Å². The molecule has 0 fully saturated rings. The number of nitrogens with zero attached hydrogens (tertiary/aromatic N) is 1. The maximum Gasteiger partial charge on any atom is 0.0441 e. The third kappa shape index (κ3) is 3.87. The first kappa shape index (κ1) is 10.5. The largest absolute Gasteiger partial charge is 0.401 e. The van der Waals surface area contributed by atoms with Gasteiger partial charge in [0.05, 0.1) is 0 Å². The van der Waals surface area contributed by atoms with Crippen molar-refractivity contribution in [2.45, 2.75) is 6.42 Å². The highest BCUT2D eigenvalue weighted by Crippen LogP contribution is 1.95. The third-order valence-corrected chi connectivity index (χ3v) is 1.74. The van der Waals surface area contributed by atoms with Crippen molar-refractivity contribution in [3.05, 3.63) is 54.0 Å². The zero-order chi connectivity index (χ0) is 10.2. The van der Waals surface area contributed by atoms with Crippen LogP contribution in [0.4, 0.5) is 0 Å². The van der Waals surface area contributed by atoms with Crippen LogP contribution in [0.5, 0.6) is 0 Å². The zero-order valence-electron chi connectivity index (χ0n) is 8.06. The van der Waals surface area contributed by atoms with Gasteiger partial charge >= 0.3 is 0 Å². The Morgan fingerprint density at radius 1 is 1.43 bits per heavy atom. The molecule has 14 heavy (non-hydrogen) atoms. The summed E-state index contributed by atoms with van der Waals surface area (Å²) in [6.45, 7) is 0.397. The van der Waals surface area contributed by atoms with Gasteiger partial charge in [-0.25, -0.2) is 0 Å². The predicted molar refractivity (Wildman–Crippen MR) is 58.4 cm³/mol. The number of allylic oxidation sites excluding steroid dienone is 3. The first-order chi connectivity index (χ1) is 6.83. The molecule has 0 amide bonds. The smallest absolute Gasteiger partial charge is 0.0441 e. The van der Waals surface area contributed by atoms with Crippen LogP contribution in [-0.4, -0.2) is 11.5 Å². The molecule has 1 heterocycles. The van der Waals surface area contributed by atoms with Crippen LogP contribution in [0.25, 0.3) is 0 Å². The van der Waals surface area contributed by atoms with E-state index in [4.69, 9.17) is 11.5 Å². The molecule has 0 spiro atoms. The predicted octanol–water partition coefficient (Wildman–Crippen LogP) is 0.982. The van der Waals surface area contributed by atoms with Crippen molar-refractivity contribution >= 4 is 0 Å². The number of hydrogen-bond acceptors (Lipinski definition) is 3. The summed E-state index contributed by atoms with van der Waals surface area (Å²) in [5.41, 5.74) is 12.6. The summed E-state index contributed by atoms with van der Waals surface area (Å²) in [5, 5.41) is 0. The summed E-state index contributed by atoms with van der Waals surface area (Å²) in [7, 11) is 0. The van der Waals surface area contributed by atoms with E-state index in [2.05, 4.69) is 4.98 Å². The number of rotatable bonds is 4. The standard InChI is InChI=1S/C11H15N3/c12-9-10(13)5-1-2-6-11-7-3-4-8-14-11/h1-5,7-8H,6,9,12-13H2/b2-1-,10-5-. The lowest BCUT2D eigenvalue weighted by molar-refractivity contribution is 1.10.